The molecule has 13 heteroatoms. The molecule has 1 fully saturated rings. The zero-order valence-corrected chi connectivity index (χ0v) is 25.7. The van der Waals surface area contributed by atoms with Gasteiger partial charge in [-0.05, 0) is 55.3 Å². The molecule has 222 valence electrons. The Hall–Kier alpha value is -3.58. The highest BCUT2D eigenvalue weighted by Gasteiger charge is 2.37. The number of carbonyl (C=O) groups excluding carboxylic acids is 2. The van der Waals surface area contributed by atoms with Gasteiger partial charge in [-0.3, -0.25) is 14.1 Å². The molecule has 0 bridgehead atoms. The minimum atomic E-state index is -0.681. The Morgan fingerprint density at radius 2 is 1.98 bits per heavy atom. The summed E-state index contributed by atoms with van der Waals surface area (Å²) in [5, 5.41) is 3.37. The van der Waals surface area contributed by atoms with Crippen LogP contribution in [0.1, 0.15) is 51.1 Å². The molecule has 2 aromatic heterocycles. The van der Waals surface area contributed by atoms with Gasteiger partial charge in [-0.2, -0.15) is 0 Å². The maximum Gasteiger partial charge on any atom is 0.410 e. The zero-order chi connectivity index (χ0) is 29.7. The number of nitrogens with zero attached hydrogens (tertiary/aromatic N) is 4. The van der Waals surface area contributed by atoms with Crippen LogP contribution in [0.25, 0.3) is 5.52 Å². The second-order valence-corrected chi connectivity index (χ2v) is 11.3. The van der Waals surface area contributed by atoms with Crippen molar-refractivity contribution in [2.45, 2.75) is 57.9 Å². The standard InChI is InChI=1S/C28H36BrN5O7/c1-28(2,3)41-27(36)34-15-21(40-16-18(34)8-10-22(35)39-6)26-32-24(29)23-25(30-11-12-33(23)26)31-14-17-7-9-19(37-4)13-20(17)38-5/h7,9,11-13,18,21H,8,10,14-16H2,1-6H3,(H,30,31)/t18-,21-/m1/s1. The van der Waals surface area contributed by atoms with Gasteiger partial charge in [-0.1, -0.05) is 0 Å². The highest BCUT2D eigenvalue weighted by atomic mass is 79.9. The molecule has 1 aromatic carbocycles. The van der Waals surface area contributed by atoms with Crippen molar-refractivity contribution < 1.29 is 33.3 Å². The number of morpholine rings is 1. The third-order valence-electron chi connectivity index (χ3n) is 6.60. The van der Waals surface area contributed by atoms with Crippen LogP contribution in [0.2, 0.25) is 0 Å². The van der Waals surface area contributed by atoms with Gasteiger partial charge in [0.1, 0.15) is 39.1 Å². The molecule has 1 N–H and O–H groups in total. The van der Waals surface area contributed by atoms with E-state index in [-0.39, 0.29) is 31.6 Å². The van der Waals surface area contributed by atoms with Crippen LogP contribution < -0.4 is 14.8 Å². The van der Waals surface area contributed by atoms with Crippen molar-refractivity contribution in [2.75, 3.05) is 39.8 Å². The van der Waals surface area contributed by atoms with Gasteiger partial charge in [0.15, 0.2) is 5.82 Å². The topological polar surface area (TPSA) is 126 Å². The molecule has 0 aliphatic carbocycles. The summed E-state index contributed by atoms with van der Waals surface area (Å²) < 4.78 is 30.0. The van der Waals surface area contributed by atoms with Gasteiger partial charge in [0.2, 0.25) is 0 Å². The Morgan fingerprint density at radius 3 is 2.66 bits per heavy atom. The van der Waals surface area contributed by atoms with E-state index in [1.54, 1.807) is 31.5 Å². The van der Waals surface area contributed by atoms with Crippen LogP contribution in [0.3, 0.4) is 0 Å². The van der Waals surface area contributed by atoms with Crippen molar-refractivity contribution in [1.82, 2.24) is 19.3 Å². The number of hydrogen-bond donors (Lipinski definition) is 1. The fourth-order valence-corrected chi connectivity index (χ4v) is 5.14. The largest absolute Gasteiger partial charge is 0.497 e. The molecular formula is C28H36BrN5O7. The lowest BCUT2D eigenvalue weighted by Crippen LogP contribution is -2.51. The molecule has 3 aromatic rings. The number of halogens is 1. The number of imidazole rings is 1. The number of hydrogen-bond acceptors (Lipinski definition) is 10. The molecule has 1 amide bonds. The third kappa shape index (κ3) is 7.20. The Balaban J connectivity index is 1.58. The molecule has 0 saturated carbocycles. The predicted molar refractivity (Wildman–Crippen MR) is 154 cm³/mol. The second kappa shape index (κ2) is 12.9. The van der Waals surface area contributed by atoms with E-state index in [1.807, 2.05) is 43.4 Å². The zero-order valence-electron chi connectivity index (χ0n) is 24.1. The minimum Gasteiger partial charge on any atom is -0.497 e. The van der Waals surface area contributed by atoms with Crippen molar-refractivity contribution in [3.63, 3.8) is 0 Å². The van der Waals surface area contributed by atoms with Crippen molar-refractivity contribution in [1.29, 1.82) is 0 Å². The Bertz CT molecular complexity index is 1390. The fraction of sp³-hybridized carbons (Fsp3) is 0.500. The van der Waals surface area contributed by atoms with Crippen LogP contribution in [0.4, 0.5) is 10.6 Å². The summed E-state index contributed by atoms with van der Waals surface area (Å²) in [6, 6.07) is 5.27. The summed E-state index contributed by atoms with van der Waals surface area (Å²) in [7, 11) is 4.56. The molecule has 2 atom stereocenters. The molecular weight excluding hydrogens is 598 g/mol. The van der Waals surface area contributed by atoms with Gasteiger partial charge in [-0.25, -0.2) is 14.8 Å². The van der Waals surface area contributed by atoms with Crippen LogP contribution in [0, 0.1) is 0 Å². The smallest absolute Gasteiger partial charge is 0.410 e. The van der Waals surface area contributed by atoms with E-state index in [1.165, 1.54) is 7.11 Å². The lowest BCUT2D eigenvalue weighted by atomic mass is 10.1. The van der Waals surface area contributed by atoms with Crippen molar-refractivity contribution in [2.24, 2.45) is 0 Å². The first-order valence-corrected chi connectivity index (χ1v) is 14.0. The molecule has 0 radical (unpaired) electrons. The van der Waals surface area contributed by atoms with E-state index in [2.05, 4.69) is 26.2 Å². The molecule has 3 heterocycles. The maximum absolute atomic E-state index is 13.2. The van der Waals surface area contributed by atoms with Crippen LogP contribution in [-0.4, -0.2) is 77.5 Å². The predicted octanol–water partition coefficient (Wildman–Crippen LogP) is 4.75. The number of rotatable bonds is 9. The molecule has 1 saturated heterocycles. The average Bonchev–Trinajstić information content (AvgIpc) is 3.30. The number of carbonyl (C=O) groups is 2. The van der Waals surface area contributed by atoms with E-state index in [0.717, 1.165) is 11.1 Å². The number of esters is 1. The SMILES string of the molecule is COC(=O)CC[C@@H]1CO[C@@H](c2nc(Br)c3c(NCc4ccc(OC)cc4OC)nccn23)CN1C(=O)OC(C)(C)C. The molecule has 41 heavy (non-hydrogen) atoms. The molecule has 12 nitrogen and oxygen atoms in total. The summed E-state index contributed by atoms with van der Waals surface area (Å²) in [6.45, 7) is 6.29. The lowest BCUT2D eigenvalue weighted by Gasteiger charge is -2.39. The first-order chi connectivity index (χ1) is 19.5. The van der Waals surface area contributed by atoms with Gasteiger partial charge in [-0.15, -0.1) is 0 Å². The highest BCUT2D eigenvalue weighted by molar-refractivity contribution is 9.10. The number of benzene rings is 1. The van der Waals surface area contributed by atoms with Crippen LogP contribution in [0.5, 0.6) is 11.5 Å². The minimum absolute atomic E-state index is 0.159. The summed E-state index contributed by atoms with van der Waals surface area (Å²) >= 11 is 3.59. The Morgan fingerprint density at radius 1 is 1.20 bits per heavy atom. The van der Waals surface area contributed by atoms with Crippen molar-refractivity contribution in [3.05, 3.63) is 46.6 Å². The van der Waals surface area contributed by atoms with Crippen LogP contribution >= 0.6 is 15.9 Å². The Kier molecular flexibility index (Phi) is 9.59. The number of aromatic nitrogens is 3. The number of nitrogens with one attached hydrogen (secondary N) is 1. The normalized spacial score (nSPS) is 17.3. The monoisotopic (exact) mass is 633 g/mol. The summed E-state index contributed by atoms with van der Waals surface area (Å²) in [5.41, 5.74) is 0.962. The van der Waals surface area contributed by atoms with E-state index >= 15 is 0 Å². The quantitative estimate of drug-likeness (QED) is 0.330. The van der Waals surface area contributed by atoms with Gasteiger partial charge < -0.3 is 29.0 Å². The lowest BCUT2D eigenvalue weighted by molar-refractivity contribution is -0.141. The van der Waals surface area contributed by atoms with Crippen LogP contribution in [0.15, 0.2) is 35.2 Å². The van der Waals surface area contributed by atoms with Gasteiger partial charge in [0.05, 0.1) is 40.5 Å². The molecule has 4 rings (SSSR count). The third-order valence-corrected chi connectivity index (χ3v) is 7.15. The maximum atomic E-state index is 13.2. The Labute approximate surface area is 247 Å². The first-order valence-electron chi connectivity index (χ1n) is 13.2. The van der Waals surface area contributed by atoms with E-state index in [0.29, 0.717) is 40.7 Å². The summed E-state index contributed by atoms with van der Waals surface area (Å²) in [4.78, 5) is 35.9. The summed E-state index contributed by atoms with van der Waals surface area (Å²) in [6.07, 6.45) is 2.99. The molecule has 1 aliphatic heterocycles. The van der Waals surface area contributed by atoms with E-state index in [4.69, 9.17) is 28.7 Å². The number of methoxy groups -OCH3 is 3. The van der Waals surface area contributed by atoms with Crippen molar-refractivity contribution in [3.8, 4) is 11.5 Å². The molecule has 0 unspecified atom stereocenters. The van der Waals surface area contributed by atoms with Gasteiger partial charge >= 0.3 is 12.1 Å². The second-order valence-electron chi connectivity index (χ2n) is 10.5. The van der Waals surface area contributed by atoms with Crippen LogP contribution in [-0.2, 0) is 25.5 Å². The van der Waals surface area contributed by atoms with Gasteiger partial charge in [0.25, 0.3) is 0 Å². The summed E-state index contributed by atoms with van der Waals surface area (Å²) in [5.74, 6) is 2.25. The van der Waals surface area contributed by atoms with Gasteiger partial charge in [0, 0.05) is 37.0 Å². The fourth-order valence-electron chi connectivity index (χ4n) is 4.58. The molecule has 1 aliphatic rings. The van der Waals surface area contributed by atoms with E-state index < -0.39 is 17.8 Å². The number of ether oxygens (including phenoxy) is 5. The van der Waals surface area contributed by atoms with E-state index in [9.17, 15) is 9.59 Å². The number of amides is 1. The average molecular weight is 635 g/mol. The molecule has 0 spiro atoms. The number of anilines is 1. The first kappa shape index (κ1) is 30.4. The highest BCUT2D eigenvalue weighted by Crippen LogP contribution is 2.33. The van der Waals surface area contributed by atoms with Crippen molar-refractivity contribution >= 4 is 39.3 Å². The number of fused-ring (bicyclic) bond motifs is 1.